The minimum atomic E-state index is -0.516. The number of aromatic nitrogens is 2. The van der Waals surface area contributed by atoms with E-state index in [4.69, 9.17) is 0 Å². The summed E-state index contributed by atoms with van der Waals surface area (Å²) in [6.45, 7) is 2.68. The van der Waals surface area contributed by atoms with E-state index in [9.17, 15) is 10.1 Å². The van der Waals surface area contributed by atoms with Gasteiger partial charge in [-0.3, -0.25) is 14.3 Å². The minimum Gasteiger partial charge on any atom is -0.295 e. The summed E-state index contributed by atoms with van der Waals surface area (Å²) < 4.78 is 1.56. The van der Waals surface area contributed by atoms with Gasteiger partial charge in [0.2, 0.25) is 0 Å². The smallest absolute Gasteiger partial charge is 0.256 e. The Hall–Kier alpha value is -2.75. The normalized spacial score (nSPS) is 17.8. The molecule has 4 rings (SSSR count). The number of carbonyl (C=O) groups excluding carboxylic acids is 1. The predicted molar refractivity (Wildman–Crippen MR) is 102 cm³/mol. The van der Waals surface area contributed by atoms with Crippen molar-refractivity contribution in [3.8, 4) is 6.07 Å². The lowest BCUT2D eigenvalue weighted by Gasteiger charge is -2.28. The maximum absolute atomic E-state index is 12.7. The van der Waals surface area contributed by atoms with Crippen LogP contribution in [-0.4, -0.2) is 34.0 Å². The lowest BCUT2D eigenvalue weighted by molar-refractivity contribution is 0.0963. The molecule has 0 saturated carbocycles. The third-order valence-electron chi connectivity index (χ3n) is 4.92. The van der Waals surface area contributed by atoms with Crippen LogP contribution in [-0.2, 0) is 0 Å². The maximum atomic E-state index is 12.7. The van der Waals surface area contributed by atoms with Crippen LogP contribution in [0.25, 0.3) is 11.0 Å². The second-order valence-corrected chi connectivity index (χ2v) is 7.50. The van der Waals surface area contributed by atoms with E-state index in [1.165, 1.54) is 4.88 Å². The molecule has 0 saturated heterocycles. The minimum absolute atomic E-state index is 0.132. The Morgan fingerprint density at radius 1 is 1.35 bits per heavy atom. The zero-order chi connectivity index (χ0) is 18.3. The molecule has 2 aromatic heterocycles. The van der Waals surface area contributed by atoms with E-state index in [0.29, 0.717) is 12.4 Å². The van der Waals surface area contributed by atoms with Crippen LogP contribution < -0.4 is 0 Å². The molecule has 26 heavy (non-hydrogen) atoms. The molecule has 1 aliphatic heterocycles. The van der Waals surface area contributed by atoms with Gasteiger partial charge in [-0.15, -0.1) is 11.3 Å². The summed E-state index contributed by atoms with van der Waals surface area (Å²) in [5.74, 6) is -0.126. The molecule has 6 heteroatoms. The maximum Gasteiger partial charge on any atom is 0.256 e. The van der Waals surface area contributed by atoms with Gasteiger partial charge >= 0.3 is 0 Å². The Bertz CT molecular complexity index is 1040. The van der Waals surface area contributed by atoms with E-state index in [1.807, 2.05) is 37.4 Å². The summed E-state index contributed by atoms with van der Waals surface area (Å²) >= 11 is 1.71. The predicted octanol–water partition coefficient (Wildman–Crippen LogP) is 3.98. The second kappa shape index (κ2) is 6.52. The highest BCUT2D eigenvalue weighted by Gasteiger charge is 2.32. The van der Waals surface area contributed by atoms with E-state index in [0.717, 1.165) is 16.6 Å². The number of para-hydroxylation sites is 2. The second-order valence-electron chi connectivity index (χ2n) is 6.52. The molecule has 0 amide bonds. The number of hydrogen-bond acceptors (Lipinski definition) is 5. The quantitative estimate of drug-likeness (QED) is 0.704. The highest BCUT2D eigenvalue weighted by atomic mass is 32.1. The SMILES string of the molecule is CC(c1cccs1)N(C)CC1=CC(=O)n2c(nc3ccccc32)C1C#N. The Balaban J connectivity index is 1.68. The first kappa shape index (κ1) is 16.7. The standard InChI is InChI=1S/C20H18N4OS/c1-13(18-8-5-9-26-18)23(2)12-14-10-19(25)24-17-7-4-3-6-16(17)22-20(24)15(14)11-21/h3-10,13,15H,12H2,1-2H3. The summed E-state index contributed by atoms with van der Waals surface area (Å²) in [5.41, 5.74) is 2.29. The van der Waals surface area contributed by atoms with E-state index < -0.39 is 5.92 Å². The van der Waals surface area contributed by atoms with E-state index in [2.05, 4.69) is 34.3 Å². The largest absolute Gasteiger partial charge is 0.295 e. The molecule has 2 atom stereocenters. The molecule has 0 fully saturated rings. The summed E-state index contributed by atoms with van der Waals surface area (Å²) in [6, 6.07) is 14.2. The molecule has 0 aliphatic carbocycles. The van der Waals surface area contributed by atoms with Crippen molar-refractivity contribution >= 4 is 28.3 Å². The number of nitrogens with zero attached hydrogens (tertiary/aromatic N) is 4. The topological polar surface area (TPSA) is 61.9 Å². The monoisotopic (exact) mass is 362 g/mol. The summed E-state index contributed by atoms with van der Waals surface area (Å²) in [4.78, 5) is 20.7. The van der Waals surface area contributed by atoms with Crippen molar-refractivity contribution in [1.29, 1.82) is 5.26 Å². The molecule has 130 valence electrons. The molecule has 3 aromatic rings. The Labute approximate surface area is 155 Å². The molecule has 3 heterocycles. The Morgan fingerprint density at radius 2 is 2.15 bits per heavy atom. The van der Waals surface area contributed by atoms with Crippen molar-refractivity contribution in [1.82, 2.24) is 14.5 Å². The van der Waals surface area contributed by atoms with Gasteiger partial charge in [0, 0.05) is 23.5 Å². The molecule has 0 bridgehead atoms. The van der Waals surface area contributed by atoms with Crippen LogP contribution in [0.2, 0.25) is 0 Å². The third kappa shape index (κ3) is 2.66. The molecular formula is C20H18N4OS. The number of allylic oxidation sites excluding steroid dienone is 1. The molecule has 2 unspecified atom stereocenters. The first-order valence-electron chi connectivity index (χ1n) is 8.45. The highest BCUT2D eigenvalue weighted by Crippen LogP contribution is 2.33. The number of likely N-dealkylation sites (N-methyl/N-ethyl adjacent to an activating group) is 1. The van der Waals surface area contributed by atoms with Gasteiger partial charge in [0.25, 0.3) is 5.91 Å². The van der Waals surface area contributed by atoms with E-state index in [-0.39, 0.29) is 11.9 Å². The van der Waals surface area contributed by atoms with Crippen LogP contribution in [0.4, 0.5) is 0 Å². The molecule has 1 aromatic carbocycles. The van der Waals surface area contributed by atoms with Crippen molar-refractivity contribution in [2.24, 2.45) is 0 Å². The summed E-state index contributed by atoms with van der Waals surface area (Å²) in [7, 11) is 2.02. The van der Waals surface area contributed by atoms with Crippen LogP contribution in [0.15, 0.2) is 53.4 Å². The summed E-state index contributed by atoms with van der Waals surface area (Å²) in [5, 5.41) is 11.8. The zero-order valence-corrected chi connectivity index (χ0v) is 15.4. The molecule has 5 nitrogen and oxygen atoms in total. The molecule has 0 spiro atoms. The van der Waals surface area contributed by atoms with Crippen molar-refractivity contribution in [2.75, 3.05) is 13.6 Å². The fourth-order valence-corrected chi connectivity index (χ4v) is 4.24. The van der Waals surface area contributed by atoms with Crippen LogP contribution in [0.5, 0.6) is 0 Å². The molecule has 0 radical (unpaired) electrons. The lowest BCUT2D eigenvalue weighted by atomic mass is 9.95. The van der Waals surface area contributed by atoms with Gasteiger partial charge in [0.15, 0.2) is 0 Å². The van der Waals surface area contributed by atoms with Crippen molar-refractivity contribution in [3.05, 3.63) is 64.1 Å². The number of carbonyl (C=O) groups is 1. The van der Waals surface area contributed by atoms with Gasteiger partial charge in [-0.05, 0) is 43.1 Å². The van der Waals surface area contributed by atoms with Gasteiger partial charge in [-0.25, -0.2) is 4.98 Å². The number of nitriles is 1. The molecule has 0 N–H and O–H groups in total. The molecule has 1 aliphatic rings. The first-order chi connectivity index (χ1) is 12.6. The highest BCUT2D eigenvalue weighted by molar-refractivity contribution is 7.10. The van der Waals surface area contributed by atoms with Crippen LogP contribution >= 0.6 is 11.3 Å². The fourth-order valence-electron chi connectivity index (χ4n) is 3.39. The first-order valence-corrected chi connectivity index (χ1v) is 9.33. The lowest BCUT2D eigenvalue weighted by Crippen LogP contribution is -2.30. The Kier molecular flexibility index (Phi) is 4.19. The van der Waals surface area contributed by atoms with E-state index >= 15 is 0 Å². The number of imidazole rings is 1. The van der Waals surface area contributed by atoms with Crippen molar-refractivity contribution in [2.45, 2.75) is 18.9 Å². The average molecular weight is 362 g/mol. The average Bonchev–Trinajstić information content (AvgIpc) is 3.29. The van der Waals surface area contributed by atoms with Gasteiger partial charge in [0.1, 0.15) is 11.7 Å². The fraction of sp³-hybridized carbons (Fsp3) is 0.250. The van der Waals surface area contributed by atoms with Gasteiger partial charge in [-0.1, -0.05) is 18.2 Å². The van der Waals surface area contributed by atoms with Gasteiger partial charge in [-0.2, -0.15) is 5.26 Å². The van der Waals surface area contributed by atoms with Gasteiger partial charge < -0.3 is 0 Å². The van der Waals surface area contributed by atoms with E-state index in [1.54, 1.807) is 22.0 Å². The zero-order valence-electron chi connectivity index (χ0n) is 14.6. The van der Waals surface area contributed by atoms with Crippen molar-refractivity contribution < 1.29 is 4.79 Å². The summed E-state index contributed by atoms with van der Waals surface area (Å²) in [6.07, 6.45) is 1.60. The number of thiophene rings is 1. The Morgan fingerprint density at radius 3 is 2.88 bits per heavy atom. The number of fused-ring (bicyclic) bond motifs is 3. The van der Waals surface area contributed by atoms with Crippen LogP contribution in [0, 0.1) is 11.3 Å². The van der Waals surface area contributed by atoms with Gasteiger partial charge in [0.05, 0.1) is 17.1 Å². The van der Waals surface area contributed by atoms with Crippen LogP contribution in [0.1, 0.15) is 34.4 Å². The molecular weight excluding hydrogens is 344 g/mol. The van der Waals surface area contributed by atoms with Crippen molar-refractivity contribution in [3.63, 3.8) is 0 Å². The number of hydrogen-bond donors (Lipinski definition) is 0. The third-order valence-corrected chi connectivity index (χ3v) is 5.96. The van der Waals surface area contributed by atoms with Crippen LogP contribution in [0.3, 0.4) is 0 Å². The number of benzene rings is 1. The number of rotatable bonds is 4.